The van der Waals surface area contributed by atoms with Crippen molar-refractivity contribution in [3.8, 4) is 11.4 Å². The molecule has 4 nitrogen and oxygen atoms in total. The first kappa shape index (κ1) is 16.3. The molecule has 2 unspecified atom stereocenters. The van der Waals surface area contributed by atoms with Gasteiger partial charge in [0.25, 0.3) is 0 Å². The van der Waals surface area contributed by atoms with Gasteiger partial charge in [0, 0.05) is 16.1 Å². The summed E-state index contributed by atoms with van der Waals surface area (Å²) in [5.41, 5.74) is 6.97. The zero-order chi connectivity index (χ0) is 14.2. The summed E-state index contributed by atoms with van der Waals surface area (Å²) in [6, 6.07) is 7.45. The zero-order valence-electron chi connectivity index (χ0n) is 11.9. The summed E-state index contributed by atoms with van der Waals surface area (Å²) in [4.78, 5) is 4.52. The molecule has 0 amide bonds. The number of benzene rings is 1. The van der Waals surface area contributed by atoms with Crippen molar-refractivity contribution < 1.29 is 4.52 Å². The molecule has 1 fully saturated rings. The highest BCUT2D eigenvalue weighted by molar-refractivity contribution is 6.30. The Morgan fingerprint density at radius 2 is 2.19 bits per heavy atom. The van der Waals surface area contributed by atoms with Crippen LogP contribution in [0, 0.1) is 0 Å². The first-order valence-corrected chi connectivity index (χ1v) is 7.32. The van der Waals surface area contributed by atoms with E-state index in [1.165, 1.54) is 6.42 Å². The third-order valence-corrected chi connectivity index (χ3v) is 4.31. The Balaban J connectivity index is 0.00000161. The van der Waals surface area contributed by atoms with Crippen molar-refractivity contribution in [3.63, 3.8) is 0 Å². The standard InChI is InChI=1S/C15H18ClN3O.ClH/c1-15(17)8-3-2-7-12(15)14-18-13(19-20-14)10-5-4-6-11(16)9-10;/h4-6,9,12H,2-3,7-8,17H2,1H3;1H. The van der Waals surface area contributed by atoms with E-state index in [1.54, 1.807) is 0 Å². The van der Waals surface area contributed by atoms with Gasteiger partial charge in [-0.15, -0.1) is 12.4 Å². The maximum absolute atomic E-state index is 6.38. The molecule has 0 bridgehead atoms. The van der Waals surface area contributed by atoms with Gasteiger partial charge in [-0.25, -0.2) is 0 Å². The van der Waals surface area contributed by atoms with Gasteiger partial charge in [0.15, 0.2) is 0 Å². The molecule has 2 N–H and O–H groups in total. The number of hydrogen-bond donors (Lipinski definition) is 1. The van der Waals surface area contributed by atoms with Gasteiger partial charge in [0.05, 0.1) is 5.92 Å². The fourth-order valence-corrected chi connectivity index (χ4v) is 3.08. The predicted molar refractivity (Wildman–Crippen MR) is 85.8 cm³/mol. The summed E-state index contributed by atoms with van der Waals surface area (Å²) in [5, 5.41) is 4.73. The molecule has 1 saturated carbocycles. The smallest absolute Gasteiger partial charge is 0.231 e. The molecule has 1 heterocycles. The van der Waals surface area contributed by atoms with Crippen LogP contribution in [-0.4, -0.2) is 15.7 Å². The fraction of sp³-hybridized carbons (Fsp3) is 0.467. The molecule has 6 heteroatoms. The number of nitrogens with two attached hydrogens (primary N) is 1. The van der Waals surface area contributed by atoms with Crippen LogP contribution >= 0.6 is 24.0 Å². The highest BCUT2D eigenvalue weighted by Crippen LogP contribution is 2.38. The van der Waals surface area contributed by atoms with Gasteiger partial charge < -0.3 is 10.3 Å². The van der Waals surface area contributed by atoms with E-state index in [-0.39, 0.29) is 23.9 Å². The van der Waals surface area contributed by atoms with Crippen molar-refractivity contribution in [3.05, 3.63) is 35.2 Å². The van der Waals surface area contributed by atoms with E-state index >= 15 is 0 Å². The van der Waals surface area contributed by atoms with Gasteiger partial charge in [-0.3, -0.25) is 0 Å². The van der Waals surface area contributed by atoms with Gasteiger partial charge in [0.2, 0.25) is 11.7 Å². The molecule has 1 aliphatic rings. The van der Waals surface area contributed by atoms with Crippen molar-refractivity contribution in [2.24, 2.45) is 5.73 Å². The van der Waals surface area contributed by atoms with Crippen LogP contribution in [0.5, 0.6) is 0 Å². The highest BCUT2D eigenvalue weighted by atomic mass is 35.5. The molecule has 3 rings (SSSR count). The van der Waals surface area contributed by atoms with E-state index in [1.807, 2.05) is 24.3 Å². The molecule has 21 heavy (non-hydrogen) atoms. The predicted octanol–water partition coefficient (Wildman–Crippen LogP) is 4.19. The molecule has 0 radical (unpaired) electrons. The van der Waals surface area contributed by atoms with Crippen LogP contribution in [0.4, 0.5) is 0 Å². The summed E-state index contributed by atoms with van der Waals surface area (Å²) in [7, 11) is 0. The molecule has 114 valence electrons. The van der Waals surface area contributed by atoms with E-state index < -0.39 is 0 Å². The van der Waals surface area contributed by atoms with Crippen molar-refractivity contribution in [1.82, 2.24) is 10.1 Å². The van der Waals surface area contributed by atoms with Crippen LogP contribution in [0.1, 0.15) is 44.4 Å². The molecule has 2 aromatic rings. The Bertz CT molecular complexity index is 612. The Hall–Kier alpha value is -1.10. The molecule has 2 atom stereocenters. The normalized spacial score (nSPS) is 25.4. The molecule has 1 aromatic carbocycles. The van der Waals surface area contributed by atoms with Crippen LogP contribution in [0.15, 0.2) is 28.8 Å². The van der Waals surface area contributed by atoms with Crippen molar-refractivity contribution in [2.75, 3.05) is 0 Å². The van der Waals surface area contributed by atoms with Gasteiger partial charge >= 0.3 is 0 Å². The summed E-state index contributed by atoms with van der Waals surface area (Å²) >= 11 is 5.99. The monoisotopic (exact) mass is 327 g/mol. The Morgan fingerprint density at radius 3 is 2.90 bits per heavy atom. The minimum atomic E-state index is -0.267. The van der Waals surface area contributed by atoms with Gasteiger partial charge in [-0.1, -0.05) is 41.7 Å². The third kappa shape index (κ3) is 3.39. The third-order valence-electron chi connectivity index (χ3n) is 4.08. The second kappa shape index (κ2) is 6.34. The van der Waals surface area contributed by atoms with Gasteiger partial charge in [0.1, 0.15) is 0 Å². The molecule has 1 aliphatic carbocycles. The lowest BCUT2D eigenvalue weighted by atomic mass is 9.74. The Morgan fingerprint density at radius 1 is 1.38 bits per heavy atom. The van der Waals surface area contributed by atoms with Crippen molar-refractivity contribution in [1.29, 1.82) is 0 Å². The second-order valence-electron chi connectivity index (χ2n) is 5.77. The molecule has 0 saturated heterocycles. The lowest BCUT2D eigenvalue weighted by molar-refractivity contribution is 0.223. The zero-order valence-corrected chi connectivity index (χ0v) is 13.5. The number of aromatic nitrogens is 2. The average Bonchev–Trinajstić information content (AvgIpc) is 2.87. The number of nitrogens with zero attached hydrogens (tertiary/aromatic N) is 2. The summed E-state index contributed by atoms with van der Waals surface area (Å²) in [6.07, 6.45) is 4.32. The molecular weight excluding hydrogens is 309 g/mol. The minimum Gasteiger partial charge on any atom is -0.339 e. The molecule has 1 aromatic heterocycles. The van der Waals surface area contributed by atoms with E-state index in [4.69, 9.17) is 21.9 Å². The first-order chi connectivity index (χ1) is 9.56. The summed E-state index contributed by atoms with van der Waals surface area (Å²) in [5.74, 6) is 1.35. The first-order valence-electron chi connectivity index (χ1n) is 6.95. The average molecular weight is 328 g/mol. The topological polar surface area (TPSA) is 64.9 Å². The lowest BCUT2D eigenvalue weighted by Gasteiger charge is -2.35. The molecule has 0 spiro atoms. The van der Waals surface area contributed by atoms with Crippen molar-refractivity contribution >= 4 is 24.0 Å². The second-order valence-corrected chi connectivity index (χ2v) is 6.21. The van der Waals surface area contributed by atoms with Crippen LogP contribution in [0.2, 0.25) is 5.02 Å². The largest absolute Gasteiger partial charge is 0.339 e. The minimum absolute atomic E-state index is 0. The number of hydrogen-bond acceptors (Lipinski definition) is 4. The number of halogens is 2. The maximum Gasteiger partial charge on any atom is 0.231 e. The summed E-state index contributed by atoms with van der Waals surface area (Å²) < 4.78 is 5.45. The lowest BCUT2D eigenvalue weighted by Crippen LogP contribution is -2.44. The highest BCUT2D eigenvalue weighted by Gasteiger charge is 2.37. The Labute approximate surface area is 135 Å². The fourth-order valence-electron chi connectivity index (χ4n) is 2.89. The van der Waals surface area contributed by atoms with Crippen molar-refractivity contribution in [2.45, 2.75) is 44.1 Å². The Kier molecular flexibility index (Phi) is 4.91. The van der Waals surface area contributed by atoms with E-state index in [0.717, 1.165) is 24.8 Å². The van der Waals surface area contributed by atoms with E-state index in [9.17, 15) is 0 Å². The van der Waals surface area contributed by atoms with Crippen LogP contribution in [0.3, 0.4) is 0 Å². The summed E-state index contributed by atoms with van der Waals surface area (Å²) in [6.45, 7) is 2.07. The van der Waals surface area contributed by atoms with Gasteiger partial charge in [-0.05, 0) is 31.9 Å². The van der Waals surface area contributed by atoms with Crippen LogP contribution in [0.25, 0.3) is 11.4 Å². The molecule has 0 aliphatic heterocycles. The maximum atomic E-state index is 6.38. The van der Waals surface area contributed by atoms with E-state index in [2.05, 4.69) is 17.1 Å². The van der Waals surface area contributed by atoms with Crippen LogP contribution < -0.4 is 5.73 Å². The van der Waals surface area contributed by atoms with Crippen LogP contribution in [-0.2, 0) is 0 Å². The SMILES string of the molecule is CC1(N)CCCCC1c1nc(-c2cccc(Cl)c2)no1.Cl. The number of rotatable bonds is 2. The molecular formula is C15H19Cl2N3O. The van der Waals surface area contributed by atoms with Gasteiger partial charge in [-0.2, -0.15) is 4.98 Å². The van der Waals surface area contributed by atoms with E-state index in [0.29, 0.717) is 16.7 Å². The quantitative estimate of drug-likeness (QED) is 0.898.